The van der Waals surface area contributed by atoms with Gasteiger partial charge < -0.3 is 15.0 Å². The van der Waals surface area contributed by atoms with Gasteiger partial charge in [-0.25, -0.2) is 0 Å². The molecule has 1 heterocycles. The molecular weight excluding hydrogens is 212 g/mol. The highest BCUT2D eigenvalue weighted by Crippen LogP contribution is 2.24. The van der Waals surface area contributed by atoms with Crippen LogP contribution in [0.4, 0.5) is 5.69 Å². The highest BCUT2D eigenvalue weighted by molar-refractivity contribution is 5.86. The van der Waals surface area contributed by atoms with Crippen molar-refractivity contribution in [1.82, 2.24) is 4.57 Å². The van der Waals surface area contributed by atoms with Crippen molar-refractivity contribution >= 4 is 16.6 Å². The highest BCUT2D eigenvalue weighted by Gasteiger charge is 2.06. The van der Waals surface area contributed by atoms with Crippen LogP contribution in [0, 0.1) is 0 Å². The Labute approximate surface area is 102 Å². The van der Waals surface area contributed by atoms with Gasteiger partial charge in [-0.05, 0) is 43.5 Å². The summed E-state index contributed by atoms with van der Waals surface area (Å²) >= 11 is 0. The van der Waals surface area contributed by atoms with E-state index in [0.717, 1.165) is 31.7 Å². The Morgan fingerprint density at radius 2 is 2.18 bits per heavy atom. The van der Waals surface area contributed by atoms with E-state index >= 15 is 0 Å². The number of nitrogen functional groups attached to an aromatic ring is 1. The van der Waals surface area contributed by atoms with E-state index < -0.39 is 0 Å². The predicted octanol–water partition coefficient (Wildman–Crippen LogP) is 2.73. The van der Waals surface area contributed by atoms with Crippen molar-refractivity contribution in [2.24, 2.45) is 7.05 Å². The summed E-state index contributed by atoms with van der Waals surface area (Å²) in [6.07, 6.45) is 4.13. The fraction of sp³-hybridized carbons (Fsp3) is 0.429. The summed E-state index contributed by atoms with van der Waals surface area (Å²) in [6.45, 7) is 3.63. The lowest BCUT2D eigenvalue weighted by atomic mass is 10.1. The quantitative estimate of drug-likeness (QED) is 0.636. The van der Waals surface area contributed by atoms with Gasteiger partial charge in [0.15, 0.2) is 0 Å². The maximum Gasteiger partial charge on any atom is 0.0511 e. The van der Waals surface area contributed by atoms with E-state index in [-0.39, 0.29) is 0 Å². The third-order valence-corrected chi connectivity index (χ3v) is 3.01. The summed E-state index contributed by atoms with van der Waals surface area (Å²) in [6, 6.07) is 6.22. The lowest BCUT2D eigenvalue weighted by molar-refractivity contribution is 0.145. The molecule has 0 amide bonds. The van der Waals surface area contributed by atoms with Gasteiger partial charge in [0.2, 0.25) is 0 Å². The molecule has 2 N–H and O–H groups in total. The smallest absolute Gasteiger partial charge is 0.0511 e. The molecule has 1 aromatic heterocycles. The molecule has 2 rings (SSSR count). The maximum absolute atomic E-state index is 5.92. The largest absolute Gasteiger partial charge is 0.399 e. The average molecular weight is 232 g/mol. The van der Waals surface area contributed by atoms with Crippen LogP contribution in [-0.2, 0) is 18.2 Å². The third-order valence-electron chi connectivity index (χ3n) is 3.01. The molecule has 0 atom stereocenters. The normalized spacial score (nSPS) is 11.2. The Bertz CT molecular complexity index is 502. The van der Waals surface area contributed by atoms with Crippen LogP contribution >= 0.6 is 0 Å². The van der Waals surface area contributed by atoms with Gasteiger partial charge in [-0.15, -0.1) is 0 Å². The zero-order valence-electron chi connectivity index (χ0n) is 10.6. The van der Waals surface area contributed by atoms with E-state index in [1.165, 1.54) is 16.5 Å². The standard InChI is InChI=1S/C14H20N2O/c1-3-17-8-4-5-11-9-13(15)10-12-6-7-16(2)14(11)12/h6-7,9-10H,3-5,8,15H2,1-2H3. The van der Waals surface area contributed by atoms with Crippen LogP contribution in [0.2, 0.25) is 0 Å². The minimum absolute atomic E-state index is 0.788. The van der Waals surface area contributed by atoms with Crippen molar-refractivity contribution in [3.8, 4) is 0 Å². The Kier molecular flexibility index (Phi) is 3.69. The Morgan fingerprint density at radius 1 is 1.35 bits per heavy atom. The van der Waals surface area contributed by atoms with Crippen LogP contribution in [0.25, 0.3) is 10.9 Å². The Morgan fingerprint density at radius 3 is 2.94 bits per heavy atom. The molecule has 17 heavy (non-hydrogen) atoms. The molecule has 92 valence electrons. The SMILES string of the molecule is CCOCCCc1cc(N)cc2ccn(C)c12. The number of aryl methyl sites for hydroxylation is 2. The molecule has 0 aliphatic carbocycles. The van der Waals surface area contributed by atoms with E-state index in [1.54, 1.807) is 0 Å². The van der Waals surface area contributed by atoms with E-state index in [9.17, 15) is 0 Å². The molecule has 0 unspecified atom stereocenters. The fourth-order valence-electron chi connectivity index (χ4n) is 2.27. The van der Waals surface area contributed by atoms with Crippen molar-refractivity contribution in [3.05, 3.63) is 30.0 Å². The predicted molar refractivity (Wildman–Crippen MR) is 72.1 cm³/mol. The van der Waals surface area contributed by atoms with Gasteiger partial charge in [0, 0.05) is 37.5 Å². The first kappa shape index (κ1) is 12.0. The van der Waals surface area contributed by atoms with Gasteiger partial charge >= 0.3 is 0 Å². The number of nitrogens with two attached hydrogens (primary N) is 1. The summed E-state index contributed by atoms with van der Waals surface area (Å²) < 4.78 is 7.53. The zero-order chi connectivity index (χ0) is 12.3. The summed E-state index contributed by atoms with van der Waals surface area (Å²) in [4.78, 5) is 0. The van der Waals surface area contributed by atoms with Gasteiger partial charge in [-0.2, -0.15) is 0 Å². The molecule has 3 nitrogen and oxygen atoms in total. The molecule has 1 aromatic carbocycles. The van der Waals surface area contributed by atoms with Crippen LogP contribution in [0.15, 0.2) is 24.4 Å². The number of benzene rings is 1. The first-order valence-corrected chi connectivity index (χ1v) is 6.13. The van der Waals surface area contributed by atoms with Crippen molar-refractivity contribution in [1.29, 1.82) is 0 Å². The molecule has 0 aliphatic rings. The molecule has 0 radical (unpaired) electrons. The lowest BCUT2D eigenvalue weighted by Crippen LogP contribution is -1.99. The number of anilines is 1. The van der Waals surface area contributed by atoms with Gasteiger partial charge in [-0.3, -0.25) is 0 Å². The minimum atomic E-state index is 0.788. The second kappa shape index (κ2) is 5.23. The second-order valence-electron chi connectivity index (χ2n) is 4.34. The first-order chi connectivity index (χ1) is 8.22. The monoisotopic (exact) mass is 232 g/mol. The van der Waals surface area contributed by atoms with Crippen LogP contribution in [0.3, 0.4) is 0 Å². The minimum Gasteiger partial charge on any atom is -0.399 e. The number of aromatic nitrogens is 1. The first-order valence-electron chi connectivity index (χ1n) is 6.13. The molecule has 0 bridgehead atoms. The topological polar surface area (TPSA) is 40.2 Å². The van der Waals surface area contributed by atoms with E-state index in [4.69, 9.17) is 10.5 Å². The molecule has 0 spiro atoms. The summed E-state index contributed by atoms with van der Waals surface area (Å²) in [5, 5.41) is 1.22. The number of hydrogen-bond donors (Lipinski definition) is 1. The van der Waals surface area contributed by atoms with E-state index in [1.807, 2.05) is 13.0 Å². The molecule has 2 aromatic rings. The van der Waals surface area contributed by atoms with Gasteiger partial charge in [0.05, 0.1) is 5.52 Å². The van der Waals surface area contributed by atoms with Crippen molar-refractivity contribution in [2.75, 3.05) is 18.9 Å². The summed E-state index contributed by atoms with van der Waals surface area (Å²) in [7, 11) is 2.07. The molecule has 0 fully saturated rings. The van der Waals surface area contributed by atoms with Crippen LogP contribution < -0.4 is 5.73 Å². The molecule has 0 saturated carbocycles. The Hall–Kier alpha value is -1.48. The average Bonchev–Trinajstić information content (AvgIpc) is 2.66. The zero-order valence-corrected chi connectivity index (χ0v) is 10.6. The fourth-order valence-corrected chi connectivity index (χ4v) is 2.27. The van der Waals surface area contributed by atoms with Gasteiger partial charge in [0.1, 0.15) is 0 Å². The van der Waals surface area contributed by atoms with Crippen molar-refractivity contribution in [3.63, 3.8) is 0 Å². The second-order valence-corrected chi connectivity index (χ2v) is 4.34. The lowest BCUT2D eigenvalue weighted by Gasteiger charge is -2.08. The van der Waals surface area contributed by atoms with Crippen LogP contribution in [0.5, 0.6) is 0 Å². The van der Waals surface area contributed by atoms with E-state index in [2.05, 4.69) is 29.9 Å². The molecule has 0 saturated heterocycles. The number of hydrogen-bond acceptors (Lipinski definition) is 2. The number of ether oxygens (including phenoxy) is 1. The number of rotatable bonds is 5. The van der Waals surface area contributed by atoms with Gasteiger partial charge in [-0.1, -0.05) is 0 Å². The Balaban J connectivity index is 2.22. The maximum atomic E-state index is 5.92. The van der Waals surface area contributed by atoms with Crippen LogP contribution in [0.1, 0.15) is 18.9 Å². The molecule has 0 aliphatic heterocycles. The summed E-state index contributed by atoms with van der Waals surface area (Å²) in [5.41, 5.74) is 9.37. The summed E-state index contributed by atoms with van der Waals surface area (Å²) in [5.74, 6) is 0. The van der Waals surface area contributed by atoms with Crippen LogP contribution in [-0.4, -0.2) is 17.8 Å². The highest BCUT2D eigenvalue weighted by atomic mass is 16.5. The third kappa shape index (κ3) is 2.61. The van der Waals surface area contributed by atoms with Crippen molar-refractivity contribution < 1.29 is 4.74 Å². The number of fused-ring (bicyclic) bond motifs is 1. The van der Waals surface area contributed by atoms with Gasteiger partial charge in [0.25, 0.3) is 0 Å². The molecular formula is C14H20N2O. The van der Waals surface area contributed by atoms with Crippen molar-refractivity contribution in [2.45, 2.75) is 19.8 Å². The van der Waals surface area contributed by atoms with E-state index in [0.29, 0.717) is 0 Å². The molecule has 3 heteroatoms. The number of nitrogens with zero attached hydrogens (tertiary/aromatic N) is 1.